The minimum Gasteiger partial charge on any atom is -0.340 e. The van der Waals surface area contributed by atoms with E-state index < -0.39 is 17.7 Å². The van der Waals surface area contributed by atoms with Gasteiger partial charge < -0.3 is 9.80 Å². The molecule has 1 aromatic rings. The summed E-state index contributed by atoms with van der Waals surface area (Å²) in [5.41, 5.74) is -0.296. The highest BCUT2D eigenvalue weighted by Crippen LogP contribution is 2.31. The fraction of sp³-hybridized carbons (Fsp3) is 0.636. The third-order valence-corrected chi connectivity index (χ3v) is 6.66. The molecule has 0 N–H and O–H groups in total. The lowest BCUT2D eigenvalue weighted by Gasteiger charge is -2.38. The summed E-state index contributed by atoms with van der Waals surface area (Å²) in [7, 11) is 0. The van der Waals surface area contributed by atoms with Gasteiger partial charge in [-0.1, -0.05) is 25.0 Å². The lowest BCUT2D eigenvalue weighted by Crippen LogP contribution is -2.52. The zero-order chi connectivity index (χ0) is 21.3. The lowest BCUT2D eigenvalue weighted by molar-refractivity contribution is -0.138. The molecule has 8 heteroatoms. The van der Waals surface area contributed by atoms with Gasteiger partial charge in [0.15, 0.2) is 0 Å². The highest BCUT2D eigenvalue weighted by molar-refractivity contribution is 5.89. The zero-order valence-corrected chi connectivity index (χ0v) is 17.0. The number of hydrogen-bond donors (Lipinski definition) is 0. The van der Waals surface area contributed by atoms with Crippen molar-refractivity contribution in [2.45, 2.75) is 50.9 Å². The molecule has 1 saturated carbocycles. The molecule has 3 aliphatic rings. The molecule has 1 unspecified atom stereocenters. The topological polar surface area (TPSA) is 43.9 Å². The lowest BCUT2D eigenvalue weighted by atomic mass is 10.1. The van der Waals surface area contributed by atoms with Gasteiger partial charge in [-0.15, -0.1) is 0 Å². The van der Waals surface area contributed by atoms with Crippen LogP contribution in [0.5, 0.6) is 0 Å². The molecule has 0 spiro atoms. The first kappa shape index (κ1) is 21.2. The molecule has 2 saturated heterocycles. The van der Waals surface area contributed by atoms with Crippen molar-refractivity contribution in [1.82, 2.24) is 14.7 Å². The number of likely N-dealkylation sites (tertiary alicyclic amines) is 1. The van der Waals surface area contributed by atoms with Crippen LogP contribution in [0.3, 0.4) is 0 Å². The number of alkyl halides is 3. The first-order chi connectivity index (χ1) is 14.3. The van der Waals surface area contributed by atoms with Crippen molar-refractivity contribution in [2.75, 3.05) is 32.7 Å². The molecule has 1 atom stereocenters. The number of nitrogens with zero attached hydrogens (tertiary/aromatic N) is 3. The molecule has 2 aliphatic heterocycles. The van der Waals surface area contributed by atoms with E-state index >= 15 is 0 Å². The summed E-state index contributed by atoms with van der Waals surface area (Å²) in [6.45, 7) is 3.51. The Morgan fingerprint density at radius 1 is 1.07 bits per heavy atom. The van der Waals surface area contributed by atoms with Gasteiger partial charge in [0.1, 0.15) is 0 Å². The summed E-state index contributed by atoms with van der Waals surface area (Å²) >= 11 is 0. The fourth-order valence-electron chi connectivity index (χ4n) is 4.99. The van der Waals surface area contributed by atoms with E-state index in [1.807, 2.05) is 4.90 Å². The van der Waals surface area contributed by atoms with Crippen LogP contribution in [-0.2, 0) is 22.3 Å². The Balaban J connectivity index is 1.32. The number of piperazine rings is 1. The predicted molar refractivity (Wildman–Crippen MR) is 105 cm³/mol. The molecule has 0 aromatic heterocycles. The van der Waals surface area contributed by atoms with Gasteiger partial charge in [-0.25, -0.2) is 0 Å². The molecule has 5 nitrogen and oxygen atoms in total. The summed E-state index contributed by atoms with van der Waals surface area (Å²) in [6, 6.07) is 5.68. The SMILES string of the molecule is O=C1CC(C(=O)N2CCN(C3CCCC3)CC2)CN1Cc1cccc(C(F)(F)F)c1. The molecule has 4 rings (SSSR count). The van der Waals surface area contributed by atoms with E-state index in [1.54, 1.807) is 6.07 Å². The van der Waals surface area contributed by atoms with Crippen LogP contribution in [0.1, 0.15) is 43.2 Å². The number of carbonyl (C=O) groups is 2. The highest BCUT2D eigenvalue weighted by atomic mass is 19.4. The van der Waals surface area contributed by atoms with Crippen molar-refractivity contribution < 1.29 is 22.8 Å². The maximum atomic E-state index is 12.9. The highest BCUT2D eigenvalue weighted by Gasteiger charge is 2.38. The average Bonchev–Trinajstić information content (AvgIpc) is 3.38. The van der Waals surface area contributed by atoms with Crippen LogP contribution in [0.25, 0.3) is 0 Å². The van der Waals surface area contributed by atoms with E-state index in [-0.39, 0.29) is 31.3 Å². The first-order valence-corrected chi connectivity index (χ1v) is 10.8. The van der Waals surface area contributed by atoms with Gasteiger partial charge in [0, 0.05) is 51.7 Å². The van der Waals surface area contributed by atoms with Gasteiger partial charge in [-0.3, -0.25) is 14.5 Å². The van der Waals surface area contributed by atoms with Crippen molar-refractivity contribution in [2.24, 2.45) is 5.92 Å². The molecule has 30 heavy (non-hydrogen) atoms. The average molecular weight is 423 g/mol. The minimum atomic E-state index is -4.41. The fourth-order valence-corrected chi connectivity index (χ4v) is 4.99. The van der Waals surface area contributed by atoms with Crippen LogP contribution in [-0.4, -0.2) is 65.3 Å². The van der Waals surface area contributed by atoms with Crippen LogP contribution in [0.2, 0.25) is 0 Å². The maximum Gasteiger partial charge on any atom is 0.416 e. The Bertz CT molecular complexity index is 784. The number of benzene rings is 1. The quantitative estimate of drug-likeness (QED) is 0.748. The van der Waals surface area contributed by atoms with Gasteiger partial charge in [0.2, 0.25) is 11.8 Å². The van der Waals surface area contributed by atoms with Crippen LogP contribution >= 0.6 is 0 Å². The zero-order valence-electron chi connectivity index (χ0n) is 17.0. The summed E-state index contributed by atoms with van der Waals surface area (Å²) in [6.07, 6.45) is 0.793. The number of hydrogen-bond acceptors (Lipinski definition) is 3. The number of rotatable bonds is 4. The van der Waals surface area contributed by atoms with E-state index in [9.17, 15) is 22.8 Å². The van der Waals surface area contributed by atoms with Crippen molar-refractivity contribution in [3.63, 3.8) is 0 Å². The Labute approximate surface area is 174 Å². The normalized spacial score (nSPS) is 24.1. The van der Waals surface area contributed by atoms with Gasteiger partial charge in [0.25, 0.3) is 0 Å². The largest absolute Gasteiger partial charge is 0.416 e. The second-order valence-electron chi connectivity index (χ2n) is 8.67. The molecule has 3 fully saturated rings. The summed E-state index contributed by atoms with van der Waals surface area (Å²) in [5.74, 6) is -0.572. The van der Waals surface area contributed by atoms with E-state index in [0.29, 0.717) is 24.7 Å². The van der Waals surface area contributed by atoms with Gasteiger partial charge in [0.05, 0.1) is 11.5 Å². The summed E-state index contributed by atoms with van der Waals surface area (Å²) in [4.78, 5) is 31.2. The van der Waals surface area contributed by atoms with Crippen molar-refractivity contribution in [3.8, 4) is 0 Å². The van der Waals surface area contributed by atoms with Crippen LogP contribution in [0.15, 0.2) is 24.3 Å². The van der Waals surface area contributed by atoms with Crippen molar-refractivity contribution in [3.05, 3.63) is 35.4 Å². The molecule has 1 aliphatic carbocycles. The molecule has 0 bridgehead atoms. The smallest absolute Gasteiger partial charge is 0.340 e. The Kier molecular flexibility index (Phi) is 6.04. The first-order valence-electron chi connectivity index (χ1n) is 10.8. The molecular weight excluding hydrogens is 395 g/mol. The van der Waals surface area contributed by atoms with E-state index in [4.69, 9.17) is 0 Å². The number of amides is 2. The minimum absolute atomic E-state index is 0.000893. The molecule has 2 amide bonds. The second kappa shape index (κ2) is 8.57. The van der Waals surface area contributed by atoms with Crippen LogP contribution < -0.4 is 0 Å². The molecule has 0 radical (unpaired) electrons. The van der Waals surface area contributed by atoms with Gasteiger partial charge in [-0.05, 0) is 30.5 Å². The Morgan fingerprint density at radius 3 is 2.43 bits per heavy atom. The molecule has 164 valence electrons. The maximum absolute atomic E-state index is 12.9. The van der Waals surface area contributed by atoms with E-state index in [0.717, 1.165) is 25.2 Å². The summed E-state index contributed by atoms with van der Waals surface area (Å²) < 4.78 is 38.8. The van der Waals surface area contributed by atoms with Crippen molar-refractivity contribution in [1.29, 1.82) is 0 Å². The standard InChI is InChI=1S/C22H28F3N3O2/c23-22(24,25)18-5-3-4-16(12-18)14-28-15-17(13-20(28)29)21(30)27-10-8-26(9-11-27)19-6-1-2-7-19/h3-5,12,17,19H,1-2,6-11,13-15H2. The van der Waals surface area contributed by atoms with Crippen LogP contribution in [0, 0.1) is 5.92 Å². The predicted octanol–water partition coefficient (Wildman–Crippen LogP) is 3.14. The van der Waals surface area contributed by atoms with Gasteiger partial charge in [-0.2, -0.15) is 13.2 Å². The van der Waals surface area contributed by atoms with Crippen LogP contribution in [0.4, 0.5) is 13.2 Å². The summed E-state index contributed by atoms with van der Waals surface area (Å²) in [5, 5.41) is 0. The monoisotopic (exact) mass is 423 g/mol. The third kappa shape index (κ3) is 4.63. The Hall–Kier alpha value is -2.09. The number of carbonyl (C=O) groups excluding carboxylic acids is 2. The van der Waals surface area contributed by atoms with E-state index in [1.165, 1.54) is 36.6 Å². The van der Waals surface area contributed by atoms with Crippen molar-refractivity contribution >= 4 is 11.8 Å². The van der Waals surface area contributed by atoms with Gasteiger partial charge >= 0.3 is 6.18 Å². The molecular formula is C22H28F3N3O2. The second-order valence-corrected chi connectivity index (χ2v) is 8.67. The van der Waals surface area contributed by atoms with E-state index in [2.05, 4.69) is 4.90 Å². The molecule has 2 heterocycles. The molecule has 1 aromatic carbocycles. The third-order valence-electron chi connectivity index (χ3n) is 6.66. The Morgan fingerprint density at radius 2 is 1.77 bits per heavy atom. The number of halogens is 3.